The molecule has 0 radical (unpaired) electrons. The first kappa shape index (κ1) is 37.4. The van der Waals surface area contributed by atoms with E-state index in [1.54, 1.807) is 0 Å². The molecule has 0 aromatic heterocycles. The first-order chi connectivity index (χ1) is 23.8. The Morgan fingerprint density at radius 1 is 0.365 bits per heavy atom. The van der Waals surface area contributed by atoms with Crippen molar-refractivity contribution >= 4 is 41.4 Å². The Balaban J connectivity index is 2.09. The average molecular weight is 764 g/mol. The van der Waals surface area contributed by atoms with E-state index in [1.165, 1.54) is 0 Å². The van der Waals surface area contributed by atoms with Crippen LogP contribution in [-0.2, 0) is 0 Å². The van der Waals surface area contributed by atoms with Crippen molar-refractivity contribution in [2.24, 2.45) is 0 Å². The summed E-state index contributed by atoms with van der Waals surface area (Å²) in [5.74, 6) is -32.7. The van der Waals surface area contributed by atoms with E-state index in [2.05, 4.69) is 0 Å². The van der Waals surface area contributed by atoms with Crippen LogP contribution in [0.5, 0.6) is 0 Å². The molecule has 52 heavy (non-hydrogen) atoms. The summed E-state index contributed by atoms with van der Waals surface area (Å²) in [4.78, 5) is 0. The molecule has 0 aliphatic heterocycles. The highest BCUT2D eigenvalue weighted by atomic mass is 19.2. The second kappa shape index (κ2) is 11.6. The molecule has 0 fully saturated rings. The SMILES string of the molecule is CC1(F)C=c2c(F)c(F)c(F)c(F)c2=C(B(C2=c3c(F)c(F)c(F)c(F)c3=CC(C)(F)C2F)C2=c3c(F)c(F)c(F)c(F)c3=CC(C)(F)C2F)C1F. The summed E-state index contributed by atoms with van der Waals surface area (Å²) in [5.41, 5.74) is -18.4. The highest BCUT2D eigenvalue weighted by molar-refractivity contribution is 7.04. The zero-order valence-corrected chi connectivity index (χ0v) is 25.8. The standard InChI is InChI=1S/C33H15BF18/c1-31(50)4-7-10(19(38)25(44)22(41)16(7)35)13(28(31)47)34(14-11-8(5-32(2,51)29(14)48)17(36)23(42)26(45)20(11)39)15-12-9(6-33(3,52)30(15)49)18(37)24(43)27(46)21(12)40/h4-6,28-30H,1-3H3. The number of halogens is 18. The maximum atomic E-state index is 16.6. The minimum Gasteiger partial charge on any atom is -0.240 e. The highest BCUT2D eigenvalue weighted by Crippen LogP contribution is 2.43. The summed E-state index contributed by atoms with van der Waals surface area (Å²) in [7, 11) is 0. The van der Waals surface area contributed by atoms with Crippen LogP contribution in [0.25, 0.3) is 34.6 Å². The molecule has 6 rings (SSSR count). The number of hydrogen-bond donors (Lipinski definition) is 0. The zero-order valence-electron chi connectivity index (χ0n) is 25.8. The Morgan fingerprint density at radius 2 is 0.558 bits per heavy atom. The van der Waals surface area contributed by atoms with Crippen molar-refractivity contribution in [3.63, 3.8) is 0 Å². The Labute approximate surface area is 278 Å². The lowest BCUT2D eigenvalue weighted by Gasteiger charge is -2.39. The Morgan fingerprint density at radius 3 is 0.769 bits per heavy atom. The van der Waals surface area contributed by atoms with E-state index >= 15 is 52.7 Å². The Hall–Kier alpha value is -4.32. The Kier molecular flexibility index (Phi) is 8.35. The summed E-state index contributed by atoms with van der Waals surface area (Å²) in [6.45, 7) is -3.36. The fraction of sp³-hybridized carbons (Fsp3) is 0.273. The number of benzene rings is 3. The van der Waals surface area contributed by atoms with Crippen molar-refractivity contribution in [1.82, 2.24) is 0 Å². The maximum Gasteiger partial charge on any atom is 0.241 e. The molecule has 0 nitrogen and oxygen atoms in total. The molecule has 0 heterocycles. The number of fused-ring (bicyclic) bond motifs is 3. The molecular formula is C33H15BF18. The van der Waals surface area contributed by atoms with Gasteiger partial charge in [0.2, 0.25) is 6.71 Å². The fourth-order valence-corrected chi connectivity index (χ4v) is 6.93. The van der Waals surface area contributed by atoms with Crippen LogP contribution < -0.4 is 31.3 Å². The van der Waals surface area contributed by atoms with Gasteiger partial charge in [0.15, 0.2) is 105 Å². The van der Waals surface area contributed by atoms with Crippen molar-refractivity contribution in [3.05, 3.63) is 101 Å². The number of hydrogen-bond acceptors (Lipinski definition) is 0. The lowest BCUT2D eigenvalue weighted by molar-refractivity contribution is 0.163. The van der Waals surface area contributed by atoms with Gasteiger partial charge in [0.25, 0.3) is 0 Å². The van der Waals surface area contributed by atoms with Crippen LogP contribution in [0.15, 0.2) is 0 Å². The molecule has 0 spiro atoms. The molecule has 0 N–H and O–H groups in total. The van der Waals surface area contributed by atoms with E-state index in [1.807, 2.05) is 0 Å². The van der Waals surface area contributed by atoms with Crippen LogP contribution in [0.3, 0.4) is 0 Å². The predicted octanol–water partition coefficient (Wildman–Crippen LogP) is 4.90. The van der Waals surface area contributed by atoms with Gasteiger partial charge in [-0.2, -0.15) is 0 Å². The molecule has 6 unspecified atom stereocenters. The molecule has 19 heteroatoms. The van der Waals surface area contributed by atoms with Crippen molar-refractivity contribution < 1.29 is 79.0 Å². The minimum absolute atomic E-state index is 0.139. The third-order valence-corrected chi connectivity index (χ3v) is 9.29. The smallest absolute Gasteiger partial charge is 0.240 e. The minimum atomic E-state index is -3.90. The van der Waals surface area contributed by atoms with E-state index in [0.29, 0.717) is 0 Å². The molecule has 6 atom stereocenters. The van der Waals surface area contributed by atoms with Gasteiger partial charge < -0.3 is 0 Å². The quantitative estimate of drug-likeness (QED) is 0.154. The summed E-state index contributed by atoms with van der Waals surface area (Å²) in [6, 6.07) is 0. The van der Waals surface area contributed by atoms with Crippen LogP contribution >= 0.6 is 0 Å². The predicted molar refractivity (Wildman–Crippen MR) is 149 cm³/mol. The van der Waals surface area contributed by atoms with Crippen LogP contribution in [-0.4, -0.2) is 42.2 Å². The third kappa shape index (κ3) is 4.88. The molecule has 3 aromatic rings. The van der Waals surface area contributed by atoms with E-state index in [-0.39, 0.29) is 39.0 Å². The average Bonchev–Trinajstić information content (AvgIpc) is 3.07. The van der Waals surface area contributed by atoms with Crippen molar-refractivity contribution in [1.29, 1.82) is 0 Å². The zero-order chi connectivity index (χ0) is 39.1. The van der Waals surface area contributed by atoms with Gasteiger partial charge in [-0.1, -0.05) is 0 Å². The molecule has 3 aliphatic carbocycles. The summed E-state index contributed by atoms with van der Waals surface area (Å²) >= 11 is 0. The molecule has 276 valence electrons. The molecule has 0 saturated carbocycles. The third-order valence-electron chi connectivity index (χ3n) is 9.29. The lowest BCUT2D eigenvalue weighted by Crippen LogP contribution is -2.60. The maximum absolute atomic E-state index is 16.6. The summed E-state index contributed by atoms with van der Waals surface area (Å²) in [5, 5.41) is -11.7. The fourth-order valence-electron chi connectivity index (χ4n) is 6.93. The van der Waals surface area contributed by atoms with Gasteiger partial charge in [0.1, 0.15) is 0 Å². The molecule has 3 aromatic carbocycles. The van der Waals surface area contributed by atoms with Crippen molar-refractivity contribution in [3.8, 4) is 0 Å². The number of rotatable bonds is 3. The van der Waals surface area contributed by atoms with Gasteiger partial charge in [-0.05, 0) is 55.4 Å². The first-order valence-electron chi connectivity index (χ1n) is 14.6. The number of alkyl halides is 6. The van der Waals surface area contributed by atoms with Crippen LogP contribution in [0.1, 0.15) is 20.8 Å². The van der Waals surface area contributed by atoms with Gasteiger partial charge in [0.05, 0.1) is 0 Å². The van der Waals surface area contributed by atoms with Gasteiger partial charge in [-0.3, -0.25) is 0 Å². The second-order valence-electron chi connectivity index (χ2n) is 12.9. The molecule has 0 bridgehead atoms. The van der Waals surface area contributed by atoms with E-state index in [4.69, 9.17) is 0 Å². The van der Waals surface area contributed by atoms with Gasteiger partial charge in [0, 0.05) is 31.3 Å². The largest absolute Gasteiger partial charge is 0.241 e. The molecule has 0 saturated heterocycles. The van der Waals surface area contributed by atoms with Crippen LogP contribution in [0.4, 0.5) is 79.0 Å². The summed E-state index contributed by atoms with van der Waals surface area (Å²) in [6.07, 6.45) is -12.3. The van der Waals surface area contributed by atoms with Crippen LogP contribution in [0.2, 0.25) is 0 Å². The van der Waals surface area contributed by atoms with E-state index in [0.717, 1.165) is 0 Å². The van der Waals surface area contributed by atoms with Gasteiger partial charge in [-0.15, -0.1) is 0 Å². The monoisotopic (exact) mass is 764 g/mol. The molecule has 0 amide bonds. The lowest BCUT2D eigenvalue weighted by atomic mass is 9.30. The van der Waals surface area contributed by atoms with Crippen molar-refractivity contribution in [2.45, 2.75) is 56.3 Å². The van der Waals surface area contributed by atoms with Gasteiger partial charge >= 0.3 is 0 Å². The van der Waals surface area contributed by atoms with Crippen molar-refractivity contribution in [2.75, 3.05) is 0 Å². The van der Waals surface area contributed by atoms with E-state index < -0.39 is 160 Å². The Bertz CT molecular complexity index is 2260. The summed E-state index contributed by atoms with van der Waals surface area (Å²) < 4.78 is 279. The van der Waals surface area contributed by atoms with E-state index in [9.17, 15) is 26.3 Å². The first-order valence-corrected chi connectivity index (χ1v) is 14.6. The molecule has 3 aliphatic rings. The van der Waals surface area contributed by atoms with Crippen LogP contribution in [0, 0.1) is 69.8 Å². The second-order valence-corrected chi connectivity index (χ2v) is 12.9. The normalized spacial score (nSPS) is 28.1. The highest BCUT2D eigenvalue weighted by Gasteiger charge is 2.55. The van der Waals surface area contributed by atoms with Gasteiger partial charge in [-0.25, -0.2) is 79.0 Å². The topological polar surface area (TPSA) is 0 Å². The molecular weight excluding hydrogens is 749 g/mol.